The fraction of sp³-hybridized carbons (Fsp3) is 0.600. The Morgan fingerprint density at radius 3 is 3.29 bits per heavy atom. The largest absolute Gasteiger partial charge is 0.370 e. The fourth-order valence-corrected chi connectivity index (χ4v) is 1.74. The molecule has 1 aromatic rings. The summed E-state index contributed by atoms with van der Waals surface area (Å²) in [6.45, 7) is 3.40. The highest BCUT2D eigenvalue weighted by Gasteiger charge is 2.26. The molecule has 1 aliphatic heterocycles. The van der Waals surface area contributed by atoms with Crippen LogP contribution in [0.2, 0.25) is 0 Å². The molecule has 1 aromatic heterocycles. The van der Waals surface area contributed by atoms with Crippen molar-refractivity contribution in [3.63, 3.8) is 0 Å². The molecule has 76 valence electrons. The van der Waals surface area contributed by atoms with E-state index in [1.54, 1.807) is 16.9 Å². The van der Waals surface area contributed by atoms with Gasteiger partial charge in [0.15, 0.2) is 0 Å². The maximum atomic E-state index is 11.9. The second-order valence-electron chi connectivity index (χ2n) is 3.40. The fourth-order valence-electron chi connectivity index (χ4n) is 1.74. The average molecular weight is 194 g/mol. The van der Waals surface area contributed by atoms with E-state index in [9.17, 15) is 4.79 Å². The van der Waals surface area contributed by atoms with Crippen LogP contribution >= 0.6 is 0 Å². The number of rotatable bonds is 3. The van der Waals surface area contributed by atoms with E-state index in [2.05, 4.69) is 5.10 Å². The molecule has 0 aliphatic carbocycles. The van der Waals surface area contributed by atoms with E-state index in [1.807, 2.05) is 6.92 Å². The summed E-state index contributed by atoms with van der Waals surface area (Å²) in [5.41, 5.74) is 0.666. The normalized spacial score (nSPS) is 21.4. The summed E-state index contributed by atoms with van der Waals surface area (Å²) in [5.74, 6) is 0.0712. The van der Waals surface area contributed by atoms with Crippen molar-refractivity contribution in [2.45, 2.75) is 32.4 Å². The minimum absolute atomic E-state index is 0.0712. The molecule has 0 bridgehead atoms. The number of ketones is 1. The van der Waals surface area contributed by atoms with Crippen molar-refractivity contribution in [1.29, 1.82) is 0 Å². The van der Waals surface area contributed by atoms with E-state index >= 15 is 0 Å². The molecule has 0 N–H and O–H groups in total. The van der Waals surface area contributed by atoms with Crippen LogP contribution in [0, 0.1) is 0 Å². The Hall–Kier alpha value is -1.16. The highest BCUT2D eigenvalue weighted by atomic mass is 16.5. The minimum Gasteiger partial charge on any atom is -0.370 e. The maximum absolute atomic E-state index is 11.9. The predicted molar refractivity (Wildman–Crippen MR) is 51.2 cm³/mol. The van der Waals surface area contributed by atoms with Crippen LogP contribution in [0.1, 0.15) is 30.3 Å². The standard InChI is InChI=1S/C10H14N2O2/c1-2-12-8(5-6-11-12)10(13)9-4-3-7-14-9/h5-6,9H,2-4,7H2,1H3. The summed E-state index contributed by atoms with van der Waals surface area (Å²) in [7, 11) is 0. The molecule has 2 rings (SSSR count). The number of aromatic nitrogens is 2. The van der Waals surface area contributed by atoms with Crippen LogP contribution < -0.4 is 0 Å². The second kappa shape index (κ2) is 3.92. The van der Waals surface area contributed by atoms with Gasteiger partial charge in [0.2, 0.25) is 5.78 Å². The third kappa shape index (κ3) is 1.57. The number of Topliss-reactive ketones (excluding diaryl/α,β-unsaturated/α-hetero) is 1. The van der Waals surface area contributed by atoms with Crippen LogP contribution in [0.15, 0.2) is 12.3 Å². The highest BCUT2D eigenvalue weighted by Crippen LogP contribution is 2.17. The summed E-state index contributed by atoms with van der Waals surface area (Å²) < 4.78 is 7.06. The SMILES string of the molecule is CCn1nccc1C(=O)C1CCCO1. The van der Waals surface area contributed by atoms with E-state index in [0.29, 0.717) is 12.3 Å². The molecule has 1 atom stereocenters. The van der Waals surface area contributed by atoms with E-state index in [0.717, 1.165) is 19.4 Å². The van der Waals surface area contributed by atoms with E-state index in [-0.39, 0.29) is 11.9 Å². The summed E-state index contributed by atoms with van der Waals surface area (Å²) in [6, 6.07) is 1.76. The highest BCUT2D eigenvalue weighted by molar-refractivity contribution is 5.98. The number of ether oxygens (including phenoxy) is 1. The van der Waals surface area contributed by atoms with Crippen LogP contribution in [-0.4, -0.2) is 28.3 Å². The van der Waals surface area contributed by atoms with Crippen molar-refractivity contribution < 1.29 is 9.53 Å². The maximum Gasteiger partial charge on any atom is 0.209 e. The number of aryl methyl sites for hydroxylation is 1. The second-order valence-corrected chi connectivity index (χ2v) is 3.40. The van der Waals surface area contributed by atoms with Gasteiger partial charge in [-0.25, -0.2) is 0 Å². The number of carbonyl (C=O) groups is 1. The number of hydrogen-bond acceptors (Lipinski definition) is 3. The Balaban J connectivity index is 2.17. The van der Waals surface area contributed by atoms with Gasteiger partial charge in [-0.3, -0.25) is 9.48 Å². The van der Waals surface area contributed by atoms with Crippen molar-refractivity contribution in [2.24, 2.45) is 0 Å². The number of nitrogens with zero attached hydrogens (tertiary/aromatic N) is 2. The third-order valence-corrected chi connectivity index (χ3v) is 2.49. The Labute approximate surface area is 82.9 Å². The number of hydrogen-bond donors (Lipinski definition) is 0. The summed E-state index contributed by atoms with van der Waals surface area (Å²) in [6.07, 6.45) is 3.24. The van der Waals surface area contributed by atoms with Gasteiger partial charge in [0.1, 0.15) is 11.8 Å². The van der Waals surface area contributed by atoms with Gasteiger partial charge in [0.05, 0.1) is 0 Å². The van der Waals surface area contributed by atoms with Gasteiger partial charge >= 0.3 is 0 Å². The molecule has 0 radical (unpaired) electrons. The Kier molecular flexibility index (Phi) is 2.63. The summed E-state index contributed by atoms with van der Waals surface area (Å²) >= 11 is 0. The first-order chi connectivity index (χ1) is 6.83. The predicted octanol–water partition coefficient (Wildman–Crippen LogP) is 1.26. The summed E-state index contributed by atoms with van der Waals surface area (Å²) in [5, 5.41) is 4.07. The zero-order chi connectivity index (χ0) is 9.97. The molecule has 0 saturated carbocycles. The van der Waals surface area contributed by atoms with Gasteiger partial charge in [-0.15, -0.1) is 0 Å². The molecule has 1 aliphatic rings. The van der Waals surface area contributed by atoms with Crippen molar-refractivity contribution in [3.8, 4) is 0 Å². The minimum atomic E-state index is -0.239. The Morgan fingerprint density at radius 2 is 2.64 bits per heavy atom. The first-order valence-electron chi connectivity index (χ1n) is 5.00. The van der Waals surface area contributed by atoms with Crippen LogP contribution in [0.25, 0.3) is 0 Å². The molecule has 0 aromatic carbocycles. The average Bonchev–Trinajstić information content (AvgIpc) is 2.87. The lowest BCUT2D eigenvalue weighted by Gasteiger charge is -2.08. The van der Waals surface area contributed by atoms with Crippen LogP contribution in [-0.2, 0) is 11.3 Å². The first kappa shape index (κ1) is 9.40. The van der Waals surface area contributed by atoms with Crippen molar-refractivity contribution in [3.05, 3.63) is 18.0 Å². The van der Waals surface area contributed by atoms with Gasteiger partial charge in [-0.1, -0.05) is 0 Å². The molecular weight excluding hydrogens is 180 g/mol. The molecule has 1 fully saturated rings. The molecular formula is C10H14N2O2. The van der Waals surface area contributed by atoms with Crippen molar-refractivity contribution >= 4 is 5.78 Å². The molecule has 2 heterocycles. The molecule has 1 saturated heterocycles. The first-order valence-corrected chi connectivity index (χ1v) is 5.00. The lowest BCUT2D eigenvalue weighted by atomic mass is 10.1. The quantitative estimate of drug-likeness (QED) is 0.680. The van der Waals surface area contributed by atoms with Crippen molar-refractivity contribution in [1.82, 2.24) is 9.78 Å². The zero-order valence-electron chi connectivity index (χ0n) is 8.27. The Bertz CT molecular complexity index is 327. The van der Waals surface area contributed by atoms with Gasteiger partial charge in [-0.05, 0) is 25.8 Å². The van der Waals surface area contributed by atoms with Gasteiger partial charge < -0.3 is 4.74 Å². The molecule has 14 heavy (non-hydrogen) atoms. The van der Waals surface area contributed by atoms with Gasteiger partial charge in [0, 0.05) is 19.3 Å². The van der Waals surface area contributed by atoms with Crippen LogP contribution in [0.4, 0.5) is 0 Å². The van der Waals surface area contributed by atoms with E-state index < -0.39 is 0 Å². The van der Waals surface area contributed by atoms with Crippen LogP contribution in [0.3, 0.4) is 0 Å². The smallest absolute Gasteiger partial charge is 0.209 e. The lowest BCUT2D eigenvalue weighted by Crippen LogP contribution is -2.22. The summed E-state index contributed by atoms with van der Waals surface area (Å²) in [4.78, 5) is 11.9. The monoisotopic (exact) mass is 194 g/mol. The molecule has 4 nitrogen and oxygen atoms in total. The van der Waals surface area contributed by atoms with Crippen LogP contribution in [0.5, 0.6) is 0 Å². The van der Waals surface area contributed by atoms with Crippen molar-refractivity contribution in [2.75, 3.05) is 6.61 Å². The Morgan fingerprint density at radius 1 is 1.79 bits per heavy atom. The molecule has 0 amide bonds. The third-order valence-electron chi connectivity index (χ3n) is 2.49. The van der Waals surface area contributed by atoms with E-state index in [1.165, 1.54) is 0 Å². The molecule has 4 heteroatoms. The van der Waals surface area contributed by atoms with Gasteiger partial charge in [0.25, 0.3) is 0 Å². The lowest BCUT2D eigenvalue weighted by molar-refractivity contribution is 0.0632. The molecule has 1 unspecified atom stereocenters. The topological polar surface area (TPSA) is 44.1 Å². The zero-order valence-corrected chi connectivity index (χ0v) is 8.27. The number of carbonyl (C=O) groups excluding carboxylic acids is 1. The molecule has 0 spiro atoms. The van der Waals surface area contributed by atoms with Gasteiger partial charge in [-0.2, -0.15) is 5.10 Å². The van der Waals surface area contributed by atoms with E-state index in [4.69, 9.17) is 4.74 Å².